The van der Waals surface area contributed by atoms with Gasteiger partial charge in [0.05, 0.1) is 0 Å². The monoisotopic (exact) mass is 185 g/mol. The number of hydrogen-bond donors (Lipinski definition) is 0. The quantitative estimate of drug-likeness (QED) is 0.560. The highest BCUT2D eigenvalue weighted by atomic mass is 19.1. The second-order valence-electron chi connectivity index (χ2n) is 5.89. The number of hydrogen-bond acceptors (Lipinski definition) is 1. The van der Waals surface area contributed by atoms with E-state index in [0.29, 0.717) is 6.04 Å². The summed E-state index contributed by atoms with van der Waals surface area (Å²) in [7, 11) is 0. The van der Waals surface area contributed by atoms with Crippen molar-refractivity contribution in [3.63, 3.8) is 0 Å². The number of fused-ring (bicyclic) bond motifs is 2. The zero-order valence-corrected chi connectivity index (χ0v) is 9.10. The van der Waals surface area contributed by atoms with Crippen LogP contribution in [0.5, 0.6) is 0 Å². The van der Waals surface area contributed by atoms with Crippen LogP contribution < -0.4 is 0 Å². The highest BCUT2D eigenvalue weighted by molar-refractivity contribution is 5.07. The number of likely N-dealkylation sites (tertiary alicyclic amines) is 1. The predicted molar refractivity (Wildman–Crippen MR) is 52.5 cm³/mol. The van der Waals surface area contributed by atoms with E-state index >= 15 is 0 Å². The fourth-order valence-corrected chi connectivity index (χ4v) is 3.00. The first-order valence-electron chi connectivity index (χ1n) is 5.26. The van der Waals surface area contributed by atoms with Crippen molar-refractivity contribution < 1.29 is 4.39 Å². The Kier molecular flexibility index (Phi) is 1.80. The van der Waals surface area contributed by atoms with Gasteiger partial charge in [-0.2, -0.15) is 0 Å². The van der Waals surface area contributed by atoms with Gasteiger partial charge in [-0.3, -0.25) is 4.90 Å². The molecule has 0 aromatic heterocycles. The third-order valence-electron chi connectivity index (χ3n) is 3.76. The summed E-state index contributed by atoms with van der Waals surface area (Å²) < 4.78 is 13.8. The number of nitrogens with zero attached hydrogens (tertiary/aromatic N) is 1. The maximum Gasteiger partial charge on any atom is 0.113 e. The smallest absolute Gasteiger partial charge is 0.113 e. The molecule has 1 aliphatic heterocycles. The molecule has 0 aromatic rings. The highest BCUT2D eigenvalue weighted by Gasteiger charge is 2.54. The first-order chi connectivity index (χ1) is 5.81. The Morgan fingerprint density at radius 3 is 2.31 bits per heavy atom. The van der Waals surface area contributed by atoms with Crippen molar-refractivity contribution in [1.29, 1.82) is 0 Å². The largest absolute Gasteiger partial charge is 0.295 e. The second-order valence-corrected chi connectivity index (χ2v) is 5.89. The van der Waals surface area contributed by atoms with Crippen molar-refractivity contribution in [2.24, 2.45) is 5.92 Å². The van der Waals surface area contributed by atoms with Gasteiger partial charge in [0.25, 0.3) is 0 Å². The molecule has 3 atom stereocenters. The molecule has 76 valence electrons. The molecule has 2 heteroatoms. The van der Waals surface area contributed by atoms with Crippen LogP contribution in [0.3, 0.4) is 0 Å². The SMILES string of the molecule is CC1(F)CC2CC1CN2C(C)(C)C. The summed E-state index contributed by atoms with van der Waals surface area (Å²) >= 11 is 0. The lowest BCUT2D eigenvalue weighted by Gasteiger charge is -2.41. The third-order valence-corrected chi connectivity index (χ3v) is 3.76. The lowest BCUT2D eigenvalue weighted by atomic mass is 9.91. The average molecular weight is 185 g/mol. The Morgan fingerprint density at radius 1 is 1.38 bits per heavy atom. The summed E-state index contributed by atoms with van der Waals surface area (Å²) in [6, 6.07) is 0.500. The molecule has 1 aliphatic carbocycles. The minimum Gasteiger partial charge on any atom is -0.295 e. The first-order valence-corrected chi connectivity index (χ1v) is 5.26. The molecule has 2 aliphatic rings. The molecule has 2 fully saturated rings. The van der Waals surface area contributed by atoms with Crippen LogP contribution in [-0.2, 0) is 0 Å². The zero-order valence-electron chi connectivity index (χ0n) is 9.10. The fourth-order valence-electron chi connectivity index (χ4n) is 3.00. The minimum absolute atomic E-state index is 0.218. The fraction of sp³-hybridized carbons (Fsp3) is 1.00. The summed E-state index contributed by atoms with van der Waals surface area (Å²) in [6.07, 6.45) is 1.82. The van der Waals surface area contributed by atoms with Crippen molar-refractivity contribution in [3.8, 4) is 0 Å². The molecule has 1 nitrogen and oxygen atoms in total. The molecule has 2 bridgehead atoms. The topological polar surface area (TPSA) is 3.24 Å². The molecule has 0 aromatic carbocycles. The van der Waals surface area contributed by atoms with Crippen molar-refractivity contribution in [2.75, 3.05) is 6.54 Å². The molecule has 3 unspecified atom stereocenters. The summed E-state index contributed by atoms with van der Waals surface area (Å²) in [5.41, 5.74) is -0.664. The van der Waals surface area contributed by atoms with Crippen molar-refractivity contribution >= 4 is 0 Å². The van der Waals surface area contributed by atoms with E-state index in [1.54, 1.807) is 6.92 Å². The summed E-state index contributed by atoms with van der Waals surface area (Å²) in [5.74, 6) is 0.289. The van der Waals surface area contributed by atoms with E-state index in [2.05, 4.69) is 25.7 Å². The molecule has 2 rings (SSSR count). The molecule has 1 heterocycles. The third kappa shape index (κ3) is 1.39. The molecule has 0 amide bonds. The molecule has 1 saturated heterocycles. The Balaban J connectivity index is 2.12. The molecule has 1 saturated carbocycles. The van der Waals surface area contributed by atoms with Crippen LogP contribution in [0.15, 0.2) is 0 Å². The molecule has 0 N–H and O–H groups in total. The van der Waals surface area contributed by atoms with Crippen LogP contribution >= 0.6 is 0 Å². The maximum atomic E-state index is 13.8. The standard InChI is InChI=1S/C11H20FN/c1-10(2,3)13-7-8-5-9(13)6-11(8,4)12/h8-9H,5-7H2,1-4H3. The number of rotatable bonds is 0. The van der Waals surface area contributed by atoms with E-state index in [1.807, 2.05) is 0 Å². The van der Waals surface area contributed by atoms with Gasteiger partial charge < -0.3 is 0 Å². The normalized spacial score (nSPS) is 45.9. The van der Waals surface area contributed by atoms with Gasteiger partial charge in [0.1, 0.15) is 5.67 Å². The summed E-state index contributed by atoms with van der Waals surface area (Å²) in [5, 5.41) is 0. The Labute approximate surface area is 80.3 Å². The van der Waals surface area contributed by atoms with E-state index in [0.717, 1.165) is 19.4 Å². The van der Waals surface area contributed by atoms with E-state index < -0.39 is 5.67 Å². The van der Waals surface area contributed by atoms with Crippen LogP contribution in [0, 0.1) is 5.92 Å². The average Bonchev–Trinajstić information content (AvgIpc) is 2.38. The van der Waals surface area contributed by atoms with Crippen molar-refractivity contribution in [1.82, 2.24) is 4.90 Å². The first kappa shape index (κ1) is 9.45. The molecular formula is C11H20FN. The van der Waals surface area contributed by atoms with E-state index in [9.17, 15) is 4.39 Å². The number of piperidine rings is 1. The predicted octanol–water partition coefficient (Wildman–Crippen LogP) is 2.61. The van der Waals surface area contributed by atoms with Gasteiger partial charge in [-0.25, -0.2) is 4.39 Å². The van der Waals surface area contributed by atoms with Crippen molar-refractivity contribution in [2.45, 2.75) is 57.8 Å². The van der Waals surface area contributed by atoms with Gasteiger partial charge in [-0.05, 0) is 40.5 Å². The van der Waals surface area contributed by atoms with E-state index in [1.165, 1.54) is 0 Å². The molecule has 0 spiro atoms. The second kappa shape index (κ2) is 2.47. The Bertz CT molecular complexity index is 217. The lowest BCUT2D eigenvalue weighted by molar-refractivity contribution is 0.0211. The van der Waals surface area contributed by atoms with Gasteiger partial charge in [-0.15, -0.1) is 0 Å². The lowest BCUT2D eigenvalue weighted by Crippen LogP contribution is -2.50. The van der Waals surface area contributed by atoms with Crippen LogP contribution in [-0.4, -0.2) is 28.7 Å². The Morgan fingerprint density at radius 2 is 2.00 bits per heavy atom. The van der Waals surface area contributed by atoms with Gasteiger partial charge in [-0.1, -0.05) is 0 Å². The maximum absolute atomic E-state index is 13.8. The summed E-state index contributed by atoms with van der Waals surface area (Å²) in [4.78, 5) is 2.47. The van der Waals surface area contributed by atoms with E-state index in [-0.39, 0.29) is 11.5 Å². The van der Waals surface area contributed by atoms with E-state index in [4.69, 9.17) is 0 Å². The van der Waals surface area contributed by atoms with Gasteiger partial charge in [0, 0.05) is 24.0 Å². The number of alkyl halides is 1. The zero-order chi connectivity index (χ0) is 9.85. The van der Waals surface area contributed by atoms with Crippen LogP contribution in [0.2, 0.25) is 0 Å². The molecule has 0 radical (unpaired) electrons. The van der Waals surface area contributed by atoms with Gasteiger partial charge >= 0.3 is 0 Å². The van der Waals surface area contributed by atoms with Crippen LogP contribution in [0.4, 0.5) is 4.39 Å². The van der Waals surface area contributed by atoms with Gasteiger partial charge in [0.15, 0.2) is 0 Å². The number of halogens is 1. The van der Waals surface area contributed by atoms with Gasteiger partial charge in [0.2, 0.25) is 0 Å². The van der Waals surface area contributed by atoms with Crippen LogP contribution in [0.25, 0.3) is 0 Å². The molecular weight excluding hydrogens is 165 g/mol. The highest BCUT2D eigenvalue weighted by Crippen LogP contribution is 2.48. The minimum atomic E-state index is -0.883. The summed E-state index contributed by atoms with van der Waals surface area (Å²) in [6.45, 7) is 9.41. The Hall–Kier alpha value is -0.110. The van der Waals surface area contributed by atoms with Crippen LogP contribution in [0.1, 0.15) is 40.5 Å². The molecule has 13 heavy (non-hydrogen) atoms. The van der Waals surface area contributed by atoms with Crippen molar-refractivity contribution in [3.05, 3.63) is 0 Å².